The molecular weight excluding hydrogens is 218 g/mol. The summed E-state index contributed by atoms with van der Waals surface area (Å²) >= 11 is 0. The second kappa shape index (κ2) is 4.95. The normalized spacial score (nSPS) is 16.3. The number of carbonyl (C=O) groups is 2. The van der Waals surface area contributed by atoms with Crippen LogP contribution in [-0.4, -0.2) is 36.8 Å². The summed E-state index contributed by atoms with van der Waals surface area (Å²) in [5.41, 5.74) is 1.48. The lowest BCUT2D eigenvalue weighted by atomic mass is 10.2. The first-order chi connectivity index (χ1) is 8.20. The van der Waals surface area contributed by atoms with Crippen molar-refractivity contribution in [1.29, 1.82) is 0 Å². The fraction of sp³-hybridized carbons (Fsp3) is 0.417. The number of anilines is 1. The van der Waals surface area contributed by atoms with Crippen LogP contribution in [0.15, 0.2) is 12.3 Å². The van der Waals surface area contributed by atoms with Crippen molar-refractivity contribution in [3.63, 3.8) is 0 Å². The summed E-state index contributed by atoms with van der Waals surface area (Å²) in [5.74, 6) is 0.802. The van der Waals surface area contributed by atoms with Crippen LogP contribution in [-0.2, 0) is 4.79 Å². The Kier molecular flexibility index (Phi) is 3.37. The highest BCUT2D eigenvalue weighted by molar-refractivity contribution is 5.82. The molecule has 1 N–H and O–H groups in total. The topological polar surface area (TPSA) is 62.3 Å². The van der Waals surface area contributed by atoms with Crippen molar-refractivity contribution in [2.45, 2.75) is 13.3 Å². The quantitative estimate of drug-likeness (QED) is 0.757. The fourth-order valence-corrected chi connectivity index (χ4v) is 1.97. The van der Waals surface area contributed by atoms with Crippen molar-refractivity contribution in [2.24, 2.45) is 0 Å². The molecule has 0 atom stereocenters. The van der Waals surface area contributed by atoms with Crippen molar-refractivity contribution in [3.8, 4) is 0 Å². The molecule has 1 aromatic rings. The van der Waals surface area contributed by atoms with Gasteiger partial charge in [-0.2, -0.15) is 0 Å². The molecule has 1 saturated heterocycles. The zero-order valence-corrected chi connectivity index (χ0v) is 9.77. The Labute approximate surface area is 99.8 Å². The Hall–Kier alpha value is -1.91. The fourth-order valence-electron chi connectivity index (χ4n) is 1.97. The van der Waals surface area contributed by atoms with E-state index in [1.807, 2.05) is 11.8 Å². The molecule has 5 heteroatoms. The van der Waals surface area contributed by atoms with Gasteiger partial charge in [-0.05, 0) is 25.0 Å². The number of carbonyl (C=O) groups excluding carboxylic acids is 2. The summed E-state index contributed by atoms with van der Waals surface area (Å²) in [6.07, 6.45) is 3.22. The van der Waals surface area contributed by atoms with Crippen molar-refractivity contribution in [1.82, 2.24) is 10.3 Å². The lowest BCUT2D eigenvalue weighted by molar-refractivity contribution is -0.119. The number of rotatable bonds is 2. The van der Waals surface area contributed by atoms with Gasteiger partial charge in [0.1, 0.15) is 5.82 Å². The average Bonchev–Trinajstić information content (AvgIpc) is 2.53. The zero-order chi connectivity index (χ0) is 12.3. The van der Waals surface area contributed by atoms with Gasteiger partial charge in [-0.1, -0.05) is 0 Å². The zero-order valence-electron chi connectivity index (χ0n) is 9.77. The van der Waals surface area contributed by atoms with Gasteiger partial charge in [-0.15, -0.1) is 0 Å². The Balaban J connectivity index is 2.26. The van der Waals surface area contributed by atoms with Crippen molar-refractivity contribution in [3.05, 3.63) is 23.4 Å². The molecule has 1 fully saturated rings. The first-order valence-corrected chi connectivity index (χ1v) is 5.64. The van der Waals surface area contributed by atoms with E-state index in [0.717, 1.165) is 30.6 Å². The first-order valence-electron chi connectivity index (χ1n) is 5.64. The van der Waals surface area contributed by atoms with E-state index >= 15 is 0 Å². The summed E-state index contributed by atoms with van der Waals surface area (Å²) < 4.78 is 0. The molecule has 0 saturated carbocycles. The number of hydrogen-bond acceptors (Lipinski definition) is 4. The Morgan fingerprint density at radius 1 is 1.53 bits per heavy atom. The van der Waals surface area contributed by atoms with Crippen molar-refractivity contribution < 1.29 is 9.59 Å². The van der Waals surface area contributed by atoms with E-state index in [4.69, 9.17) is 0 Å². The lowest BCUT2D eigenvalue weighted by Crippen LogP contribution is -2.33. The lowest BCUT2D eigenvalue weighted by Gasteiger charge is -2.21. The van der Waals surface area contributed by atoms with Crippen LogP contribution >= 0.6 is 0 Å². The van der Waals surface area contributed by atoms with E-state index < -0.39 is 0 Å². The van der Waals surface area contributed by atoms with Gasteiger partial charge >= 0.3 is 0 Å². The molecular formula is C12H15N3O2. The number of amides is 1. The van der Waals surface area contributed by atoms with Crippen LogP contribution in [0.4, 0.5) is 5.82 Å². The highest BCUT2D eigenvalue weighted by Gasteiger charge is 2.17. The highest BCUT2D eigenvalue weighted by Crippen LogP contribution is 2.18. The maximum absolute atomic E-state index is 11.5. The standard InChI is InChI=1S/C12H15N3O2/c1-9-5-10(8-16)6-14-12(9)15-4-2-3-13-11(17)7-15/h5-6,8H,2-4,7H2,1H3,(H,13,17). The number of pyridine rings is 1. The van der Waals surface area contributed by atoms with E-state index in [1.165, 1.54) is 6.20 Å². The second-order valence-electron chi connectivity index (χ2n) is 4.15. The van der Waals surface area contributed by atoms with Crippen LogP contribution in [0.5, 0.6) is 0 Å². The predicted octanol–water partition coefficient (Wildman–Crippen LogP) is 0.529. The molecule has 17 heavy (non-hydrogen) atoms. The van der Waals surface area contributed by atoms with Crippen LogP contribution in [0.1, 0.15) is 22.3 Å². The second-order valence-corrected chi connectivity index (χ2v) is 4.15. The molecule has 90 valence electrons. The number of aromatic nitrogens is 1. The van der Waals surface area contributed by atoms with Crippen LogP contribution in [0, 0.1) is 6.92 Å². The third-order valence-corrected chi connectivity index (χ3v) is 2.77. The van der Waals surface area contributed by atoms with Gasteiger partial charge in [0.15, 0.2) is 6.29 Å². The van der Waals surface area contributed by atoms with Crippen molar-refractivity contribution >= 4 is 18.0 Å². The molecule has 0 aromatic carbocycles. The molecule has 1 aliphatic rings. The molecule has 0 unspecified atom stereocenters. The average molecular weight is 233 g/mol. The summed E-state index contributed by atoms with van der Waals surface area (Å²) in [4.78, 5) is 28.3. The number of aryl methyl sites for hydroxylation is 1. The van der Waals surface area contributed by atoms with Crippen LogP contribution in [0.25, 0.3) is 0 Å². The maximum Gasteiger partial charge on any atom is 0.239 e. The smallest absolute Gasteiger partial charge is 0.239 e. The van der Waals surface area contributed by atoms with E-state index in [9.17, 15) is 9.59 Å². The third-order valence-electron chi connectivity index (χ3n) is 2.77. The Morgan fingerprint density at radius 3 is 3.06 bits per heavy atom. The van der Waals surface area contributed by atoms with Gasteiger partial charge in [0, 0.05) is 24.8 Å². The molecule has 1 aromatic heterocycles. The SMILES string of the molecule is Cc1cc(C=O)cnc1N1CCCNC(=O)C1. The van der Waals surface area contributed by atoms with E-state index in [2.05, 4.69) is 10.3 Å². The van der Waals surface area contributed by atoms with Gasteiger partial charge < -0.3 is 10.2 Å². The van der Waals surface area contributed by atoms with E-state index in [0.29, 0.717) is 18.7 Å². The molecule has 0 radical (unpaired) electrons. The number of nitrogens with one attached hydrogen (secondary N) is 1. The molecule has 0 aliphatic carbocycles. The minimum atomic E-state index is 0.0168. The summed E-state index contributed by atoms with van der Waals surface area (Å²) in [6.45, 7) is 3.74. The van der Waals surface area contributed by atoms with Crippen LogP contribution in [0.2, 0.25) is 0 Å². The monoisotopic (exact) mass is 233 g/mol. The summed E-state index contributed by atoms with van der Waals surface area (Å²) in [7, 11) is 0. The molecule has 0 spiro atoms. The van der Waals surface area contributed by atoms with Crippen LogP contribution in [0.3, 0.4) is 0 Å². The van der Waals surface area contributed by atoms with E-state index in [-0.39, 0.29) is 5.91 Å². The summed E-state index contributed by atoms with van der Waals surface area (Å²) in [5, 5.41) is 2.82. The maximum atomic E-state index is 11.5. The third kappa shape index (κ3) is 2.61. The minimum Gasteiger partial charge on any atom is -0.354 e. The molecule has 1 aliphatic heterocycles. The van der Waals surface area contributed by atoms with Gasteiger partial charge in [0.05, 0.1) is 6.54 Å². The first kappa shape index (κ1) is 11.6. The van der Waals surface area contributed by atoms with Gasteiger partial charge in [-0.25, -0.2) is 4.98 Å². The predicted molar refractivity (Wildman–Crippen MR) is 64.2 cm³/mol. The molecule has 0 bridgehead atoms. The van der Waals surface area contributed by atoms with E-state index in [1.54, 1.807) is 6.07 Å². The number of hydrogen-bond donors (Lipinski definition) is 1. The molecule has 1 amide bonds. The molecule has 2 rings (SSSR count). The summed E-state index contributed by atoms with van der Waals surface area (Å²) in [6, 6.07) is 1.79. The van der Waals surface area contributed by atoms with Crippen molar-refractivity contribution in [2.75, 3.05) is 24.5 Å². The number of nitrogens with zero attached hydrogens (tertiary/aromatic N) is 2. The Bertz CT molecular complexity index is 445. The molecule has 5 nitrogen and oxygen atoms in total. The number of aldehydes is 1. The minimum absolute atomic E-state index is 0.0168. The largest absolute Gasteiger partial charge is 0.354 e. The van der Waals surface area contributed by atoms with Gasteiger partial charge in [0.25, 0.3) is 0 Å². The van der Waals surface area contributed by atoms with Gasteiger partial charge in [-0.3, -0.25) is 9.59 Å². The van der Waals surface area contributed by atoms with Crippen LogP contribution < -0.4 is 10.2 Å². The molecule has 2 heterocycles. The highest BCUT2D eigenvalue weighted by atomic mass is 16.2. The van der Waals surface area contributed by atoms with Gasteiger partial charge in [0.2, 0.25) is 5.91 Å². The Morgan fingerprint density at radius 2 is 2.35 bits per heavy atom.